The highest BCUT2D eigenvalue weighted by Crippen LogP contribution is 2.16. The molecule has 2 rings (SSSR count). The van der Waals surface area contributed by atoms with E-state index in [4.69, 9.17) is 0 Å². The Bertz CT molecular complexity index is 581. The summed E-state index contributed by atoms with van der Waals surface area (Å²) in [6, 6.07) is 9.83. The van der Waals surface area contributed by atoms with Gasteiger partial charge in [-0.15, -0.1) is 11.3 Å². The molecule has 1 aromatic carbocycles. The van der Waals surface area contributed by atoms with Gasteiger partial charge in [-0.3, -0.25) is 4.79 Å². The van der Waals surface area contributed by atoms with Gasteiger partial charge >= 0.3 is 6.61 Å². The van der Waals surface area contributed by atoms with Gasteiger partial charge in [0.25, 0.3) is 5.91 Å². The molecule has 0 bridgehead atoms. The van der Waals surface area contributed by atoms with Crippen LogP contribution in [-0.2, 0) is 6.54 Å². The molecule has 0 spiro atoms. The summed E-state index contributed by atoms with van der Waals surface area (Å²) in [5.41, 5.74) is 0.813. The Morgan fingerprint density at radius 2 is 1.95 bits per heavy atom. The van der Waals surface area contributed by atoms with Crippen molar-refractivity contribution in [3.8, 4) is 5.75 Å². The number of alkyl halides is 2. The SMILES string of the molecule is Cc1ccc(C(=O)NCc2ccc(OC(F)F)cc2)s1. The number of carbonyl (C=O) groups is 1. The number of thiophene rings is 1. The van der Waals surface area contributed by atoms with Crippen LogP contribution in [0.5, 0.6) is 5.75 Å². The summed E-state index contributed by atoms with van der Waals surface area (Å²) in [7, 11) is 0. The number of halogens is 2. The summed E-state index contributed by atoms with van der Waals surface area (Å²) in [5, 5.41) is 2.77. The first-order valence-corrected chi connectivity index (χ1v) is 6.74. The Kier molecular flexibility index (Phi) is 4.68. The molecule has 3 nitrogen and oxygen atoms in total. The molecule has 0 unspecified atom stereocenters. The predicted molar refractivity (Wildman–Crippen MR) is 73.3 cm³/mol. The van der Waals surface area contributed by atoms with E-state index in [1.165, 1.54) is 23.5 Å². The van der Waals surface area contributed by atoms with E-state index in [9.17, 15) is 13.6 Å². The molecule has 20 heavy (non-hydrogen) atoms. The summed E-state index contributed by atoms with van der Waals surface area (Å²) in [6.07, 6.45) is 0. The summed E-state index contributed by atoms with van der Waals surface area (Å²) in [6.45, 7) is -0.559. The van der Waals surface area contributed by atoms with E-state index in [-0.39, 0.29) is 11.7 Å². The normalized spacial score (nSPS) is 10.6. The van der Waals surface area contributed by atoms with E-state index >= 15 is 0 Å². The second kappa shape index (κ2) is 6.47. The predicted octanol–water partition coefficient (Wildman–Crippen LogP) is 3.59. The summed E-state index contributed by atoms with van der Waals surface area (Å²) < 4.78 is 28.2. The van der Waals surface area contributed by atoms with E-state index in [0.29, 0.717) is 11.4 Å². The van der Waals surface area contributed by atoms with Crippen molar-refractivity contribution in [3.63, 3.8) is 0 Å². The Morgan fingerprint density at radius 1 is 1.25 bits per heavy atom. The third-order valence-electron chi connectivity index (χ3n) is 2.57. The zero-order chi connectivity index (χ0) is 14.5. The molecule has 0 fully saturated rings. The van der Waals surface area contributed by atoms with Crippen molar-refractivity contribution in [2.45, 2.75) is 20.1 Å². The maximum atomic E-state index is 12.0. The lowest BCUT2D eigenvalue weighted by molar-refractivity contribution is -0.0498. The first-order chi connectivity index (χ1) is 9.54. The van der Waals surface area contributed by atoms with Crippen LogP contribution in [0.4, 0.5) is 8.78 Å². The molecule has 1 aromatic heterocycles. The van der Waals surface area contributed by atoms with Crippen molar-refractivity contribution in [2.24, 2.45) is 0 Å². The van der Waals surface area contributed by atoms with Crippen LogP contribution in [0.3, 0.4) is 0 Å². The number of hydrogen-bond acceptors (Lipinski definition) is 3. The minimum Gasteiger partial charge on any atom is -0.435 e. The number of amides is 1. The fourth-order valence-electron chi connectivity index (χ4n) is 1.61. The maximum Gasteiger partial charge on any atom is 0.387 e. The van der Waals surface area contributed by atoms with Crippen LogP contribution in [0.1, 0.15) is 20.1 Å². The van der Waals surface area contributed by atoms with Crippen LogP contribution < -0.4 is 10.1 Å². The van der Waals surface area contributed by atoms with Crippen LogP contribution >= 0.6 is 11.3 Å². The molecule has 0 saturated heterocycles. The van der Waals surface area contributed by atoms with Gasteiger partial charge in [0, 0.05) is 11.4 Å². The zero-order valence-electron chi connectivity index (χ0n) is 10.7. The van der Waals surface area contributed by atoms with Crippen LogP contribution in [0, 0.1) is 6.92 Å². The molecule has 0 atom stereocenters. The fourth-order valence-corrected chi connectivity index (χ4v) is 2.40. The smallest absolute Gasteiger partial charge is 0.387 e. The number of benzene rings is 1. The van der Waals surface area contributed by atoms with Gasteiger partial charge in [-0.2, -0.15) is 8.78 Å². The highest BCUT2D eigenvalue weighted by atomic mass is 32.1. The highest BCUT2D eigenvalue weighted by Gasteiger charge is 2.08. The second-order valence-electron chi connectivity index (χ2n) is 4.12. The molecule has 1 N–H and O–H groups in total. The van der Waals surface area contributed by atoms with E-state index < -0.39 is 6.61 Å². The molecule has 0 aliphatic rings. The van der Waals surface area contributed by atoms with Gasteiger partial charge < -0.3 is 10.1 Å². The van der Waals surface area contributed by atoms with Crippen LogP contribution in [-0.4, -0.2) is 12.5 Å². The molecular weight excluding hydrogens is 284 g/mol. The molecule has 6 heteroatoms. The first-order valence-electron chi connectivity index (χ1n) is 5.93. The van der Waals surface area contributed by atoms with Crippen LogP contribution in [0.25, 0.3) is 0 Å². The monoisotopic (exact) mass is 297 g/mol. The quantitative estimate of drug-likeness (QED) is 0.916. The van der Waals surface area contributed by atoms with Gasteiger partial charge in [0.15, 0.2) is 0 Å². The number of nitrogens with one attached hydrogen (secondary N) is 1. The molecule has 0 saturated carbocycles. The lowest BCUT2D eigenvalue weighted by Crippen LogP contribution is -2.21. The van der Waals surface area contributed by atoms with Crippen molar-refractivity contribution in [3.05, 3.63) is 51.7 Å². The van der Waals surface area contributed by atoms with Gasteiger partial charge in [-0.25, -0.2) is 0 Å². The van der Waals surface area contributed by atoms with Crippen molar-refractivity contribution in [1.29, 1.82) is 0 Å². The third-order valence-corrected chi connectivity index (χ3v) is 3.57. The number of ether oxygens (including phenoxy) is 1. The van der Waals surface area contributed by atoms with Crippen molar-refractivity contribution < 1.29 is 18.3 Å². The van der Waals surface area contributed by atoms with Gasteiger partial charge in [-0.1, -0.05) is 12.1 Å². The Morgan fingerprint density at radius 3 is 2.50 bits per heavy atom. The van der Waals surface area contributed by atoms with Gasteiger partial charge in [0.1, 0.15) is 5.75 Å². The highest BCUT2D eigenvalue weighted by molar-refractivity contribution is 7.13. The molecule has 2 aromatic rings. The summed E-state index contributed by atoms with van der Waals surface area (Å²) in [5.74, 6) is -0.0417. The molecule has 0 radical (unpaired) electrons. The van der Waals surface area contributed by atoms with E-state index in [1.807, 2.05) is 13.0 Å². The van der Waals surface area contributed by atoms with Crippen molar-refractivity contribution >= 4 is 17.2 Å². The van der Waals surface area contributed by atoms with Crippen LogP contribution in [0.15, 0.2) is 36.4 Å². The number of carbonyl (C=O) groups excluding carboxylic acids is 1. The minimum absolute atomic E-state index is 0.101. The minimum atomic E-state index is -2.83. The summed E-state index contributed by atoms with van der Waals surface area (Å²) >= 11 is 1.42. The van der Waals surface area contributed by atoms with E-state index in [2.05, 4.69) is 10.1 Å². The second-order valence-corrected chi connectivity index (χ2v) is 5.40. The Labute approximate surface area is 119 Å². The Balaban J connectivity index is 1.89. The number of hydrogen-bond donors (Lipinski definition) is 1. The summed E-state index contributed by atoms with van der Waals surface area (Å²) in [4.78, 5) is 13.5. The van der Waals surface area contributed by atoms with Gasteiger partial charge in [0.2, 0.25) is 0 Å². The number of rotatable bonds is 5. The lowest BCUT2D eigenvalue weighted by atomic mass is 10.2. The third kappa shape index (κ3) is 4.03. The van der Waals surface area contributed by atoms with Gasteiger partial charge in [0.05, 0.1) is 4.88 Å². The first kappa shape index (κ1) is 14.5. The molecule has 1 heterocycles. The molecule has 1 amide bonds. The van der Waals surface area contributed by atoms with E-state index in [0.717, 1.165) is 10.4 Å². The van der Waals surface area contributed by atoms with Crippen molar-refractivity contribution in [2.75, 3.05) is 0 Å². The standard InChI is InChI=1S/C14H13F2NO2S/c1-9-2-7-12(20-9)13(18)17-8-10-3-5-11(6-4-10)19-14(15)16/h2-7,14H,8H2,1H3,(H,17,18). The largest absolute Gasteiger partial charge is 0.435 e. The topological polar surface area (TPSA) is 38.3 Å². The van der Waals surface area contributed by atoms with E-state index in [1.54, 1.807) is 18.2 Å². The number of aryl methyl sites for hydroxylation is 1. The fraction of sp³-hybridized carbons (Fsp3) is 0.214. The molecule has 0 aliphatic heterocycles. The lowest BCUT2D eigenvalue weighted by Gasteiger charge is -2.06. The molecule has 0 aliphatic carbocycles. The maximum absolute atomic E-state index is 12.0. The average molecular weight is 297 g/mol. The van der Waals surface area contributed by atoms with Crippen LogP contribution in [0.2, 0.25) is 0 Å². The average Bonchev–Trinajstić information content (AvgIpc) is 2.84. The molecular formula is C14H13F2NO2S. The Hall–Kier alpha value is -1.95. The van der Waals surface area contributed by atoms with Crippen molar-refractivity contribution in [1.82, 2.24) is 5.32 Å². The zero-order valence-corrected chi connectivity index (χ0v) is 11.5. The molecule has 106 valence electrons. The van der Waals surface area contributed by atoms with Gasteiger partial charge in [-0.05, 0) is 36.8 Å².